The highest BCUT2D eigenvalue weighted by Gasteiger charge is 2.32. The Morgan fingerprint density at radius 3 is 2.31 bits per heavy atom. The number of carbonyl (C=O) groups is 3. The zero-order valence-electron chi connectivity index (χ0n) is 24.4. The van der Waals surface area contributed by atoms with Crippen molar-refractivity contribution in [3.8, 4) is 0 Å². The maximum absolute atomic E-state index is 13.8. The normalized spacial score (nSPS) is 15.6. The largest absolute Gasteiger partial charge is 0.381 e. The third kappa shape index (κ3) is 8.25. The molecule has 2 aromatic carbocycles. The van der Waals surface area contributed by atoms with Crippen molar-refractivity contribution in [2.45, 2.75) is 57.0 Å². The van der Waals surface area contributed by atoms with E-state index in [-0.39, 0.29) is 31.0 Å². The van der Waals surface area contributed by atoms with Crippen molar-refractivity contribution in [1.82, 2.24) is 19.8 Å². The number of carbonyl (C=O) groups excluding carboxylic acids is 3. The Kier molecular flexibility index (Phi) is 10.5. The molecule has 0 saturated carbocycles. The molecule has 0 bridgehead atoms. The molecule has 224 valence electrons. The van der Waals surface area contributed by atoms with Crippen molar-refractivity contribution >= 4 is 23.5 Å². The van der Waals surface area contributed by atoms with E-state index in [0.717, 1.165) is 24.0 Å². The minimum atomic E-state index is -1.19. The Morgan fingerprint density at radius 1 is 1.05 bits per heavy atom. The van der Waals surface area contributed by atoms with Crippen LogP contribution >= 0.6 is 0 Å². The Balaban J connectivity index is 1.49. The summed E-state index contributed by atoms with van der Waals surface area (Å²) in [7, 11) is 1.69. The molecular weight excluding hydrogens is 536 g/mol. The lowest BCUT2D eigenvalue weighted by Gasteiger charge is -2.34. The van der Waals surface area contributed by atoms with Crippen LogP contribution in [-0.2, 0) is 30.5 Å². The Bertz CT molecular complexity index is 1320. The molecule has 2 unspecified atom stereocenters. The first-order valence-corrected chi connectivity index (χ1v) is 14.1. The van der Waals surface area contributed by atoms with Crippen molar-refractivity contribution in [1.29, 1.82) is 0 Å². The van der Waals surface area contributed by atoms with Crippen LogP contribution in [0, 0.1) is 0 Å². The van der Waals surface area contributed by atoms with Gasteiger partial charge in [0.05, 0.1) is 31.2 Å². The van der Waals surface area contributed by atoms with Gasteiger partial charge in [0.25, 0.3) is 5.91 Å². The topological polar surface area (TPSA) is 141 Å². The molecule has 11 heteroatoms. The minimum Gasteiger partial charge on any atom is -0.381 e. The Hall–Kier alpha value is -4.06. The summed E-state index contributed by atoms with van der Waals surface area (Å²) in [6, 6.07) is 17.3. The maximum Gasteiger partial charge on any atom is 0.250 e. The van der Waals surface area contributed by atoms with E-state index in [9.17, 15) is 14.4 Å². The minimum absolute atomic E-state index is 0.0596. The summed E-state index contributed by atoms with van der Waals surface area (Å²) < 4.78 is 12.9. The van der Waals surface area contributed by atoms with Gasteiger partial charge in [-0.2, -0.15) is 0 Å². The number of piperidine rings is 1. The van der Waals surface area contributed by atoms with Gasteiger partial charge in [-0.25, -0.2) is 4.98 Å². The van der Waals surface area contributed by atoms with Crippen molar-refractivity contribution in [3.05, 3.63) is 84.3 Å². The predicted octanol–water partition coefficient (Wildman–Crippen LogP) is 2.49. The van der Waals surface area contributed by atoms with Crippen molar-refractivity contribution in [3.63, 3.8) is 0 Å². The van der Waals surface area contributed by atoms with Crippen LogP contribution in [0.3, 0.4) is 0 Å². The zero-order chi connectivity index (χ0) is 30.1. The Labute approximate surface area is 246 Å². The Morgan fingerprint density at radius 2 is 1.69 bits per heavy atom. The third-order valence-corrected chi connectivity index (χ3v) is 7.19. The van der Waals surface area contributed by atoms with Gasteiger partial charge in [-0.3, -0.25) is 14.4 Å². The van der Waals surface area contributed by atoms with Crippen molar-refractivity contribution < 1.29 is 23.9 Å². The van der Waals surface area contributed by atoms with E-state index in [4.69, 9.17) is 15.2 Å². The number of rotatable bonds is 12. The van der Waals surface area contributed by atoms with Gasteiger partial charge in [0.15, 0.2) is 5.82 Å². The molecule has 2 heterocycles. The van der Waals surface area contributed by atoms with E-state index in [1.165, 1.54) is 6.33 Å². The van der Waals surface area contributed by atoms with Gasteiger partial charge >= 0.3 is 0 Å². The lowest BCUT2D eigenvalue weighted by molar-refractivity contribution is -0.136. The lowest BCUT2D eigenvalue weighted by Crippen LogP contribution is -2.56. The molecule has 1 aromatic heterocycles. The molecule has 0 aliphatic carbocycles. The summed E-state index contributed by atoms with van der Waals surface area (Å²) in [4.78, 5) is 45.9. The molecule has 1 aliphatic rings. The van der Waals surface area contributed by atoms with E-state index in [0.29, 0.717) is 13.1 Å². The monoisotopic (exact) mass is 576 g/mol. The second kappa shape index (κ2) is 14.2. The number of ether oxygens (including phenoxy) is 2. The number of anilines is 1. The van der Waals surface area contributed by atoms with E-state index in [1.807, 2.05) is 65.6 Å². The molecule has 11 nitrogen and oxygen atoms in total. The molecule has 0 spiro atoms. The number of nitrogens with zero attached hydrogens (tertiary/aromatic N) is 3. The first-order valence-electron chi connectivity index (χ1n) is 14.1. The summed E-state index contributed by atoms with van der Waals surface area (Å²) >= 11 is 0. The first-order chi connectivity index (χ1) is 20.2. The van der Waals surface area contributed by atoms with E-state index in [1.54, 1.807) is 31.7 Å². The molecule has 3 aromatic rings. The molecule has 1 saturated heterocycles. The van der Waals surface area contributed by atoms with Gasteiger partial charge in [0.1, 0.15) is 12.1 Å². The SMILES string of the molecule is COC1CCN(C(=O)C(c2ccccc2)n2cnc(NC(=O)C(COCc3ccccc3)NC(=O)C(C)(C)N)c2)CC1. The quantitative estimate of drug-likeness (QED) is 0.301. The molecule has 4 N–H and O–H groups in total. The molecule has 1 fully saturated rings. The summed E-state index contributed by atoms with van der Waals surface area (Å²) in [6.45, 7) is 4.50. The molecule has 1 aliphatic heterocycles. The smallest absolute Gasteiger partial charge is 0.250 e. The summed E-state index contributed by atoms with van der Waals surface area (Å²) in [5.74, 6) is -0.838. The third-order valence-electron chi connectivity index (χ3n) is 7.19. The van der Waals surface area contributed by atoms with Crippen LogP contribution in [0.25, 0.3) is 0 Å². The maximum atomic E-state index is 13.8. The van der Waals surface area contributed by atoms with E-state index in [2.05, 4.69) is 15.6 Å². The number of imidazole rings is 1. The number of hydrogen-bond acceptors (Lipinski definition) is 7. The van der Waals surface area contributed by atoms with Crippen LogP contribution in [0.1, 0.15) is 43.9 Å². The summed E-state index contributed by atoms with van der Waals surface area (Å²) in [5, 5.41) is 5.44. The van der Waals surface area contributed by atoms with Gasteiger partial charge in [0.2, 0.25) is 11.8 Å². The first kappa shape index (κ1) is 30.9. The second-order valence-electron chi connectivity index (χ2n) is 11.0. The highest BCUT2D eigenvalue weighted by molar-refractivity contribution is 5.98. The molecule has 0 radical (unpaired) electrons. The van der Waals surface area contributed by atoms with Gasteiger partial charge < -0.3 is 35.3 Å². The van der Waals surface area contributed by atoms with E-state index >= 15 is 0 Å². The van der Waals surface area contributed by atoms with E-state index < -0.39 is 29.4 Å². The van der Waals surface area contributed by atoms with Crippen LogP contribution in [0.15, 0.2) is 73.2 Å². The van der Waals surface area contributed by atoms with Crippen molar-refractivity contribution in [2.75, 3.05) is 32.1 Å². The fourth-order valence-electron chi connectivity index (χ4n) is 4.71. The summed E-state index contributed by atoms with van der Waals surface area (Å²) in [6.07, 6.45) is 4.83. The van der Waals surface area contributed by atoms with Crippen LogP contribution in [0.5, 0.6) is 0 Å². The number of nitrogens with one attached hydrogen (secondary N) is 2. The molecule has 2 atom stereocenters. The number of likely N-dealkylation sites (tertiary alicyclic amines) is 1. The van der Waals surface area contributed by atoms with Crippen LogP contribution < -0.4 is 16.4 Å². The highest BCUT2D eigenvalue weighted by Crippen LogP contribution is 2.25. The summed E-state index contributed by atoms with van der Waals surface area (Å²) in [5.41, 5.74) is 6.50. The average Bonchev–Trinajstić information content (AvgIpc) is 3.44. The molecule has 42 heavy (non-hydrogen) atoms. The van der Waals surface area contributed by atoms with Gasteiger partial charge in [-0.15, -0.1) is 0 Å². The second-order valence-corrected chi connectivity index (χ2v) is 11.0. The number of nitrogens with two attached hydrogens (primary N) is 1. The van der Waals surface area contributed by atoms with Gasteiger partial charge in [-0.1, -0.05) is 60.7 Å². The van der Waals surface area contributed by atoms with Crippen LogP contribution in [-0.4, -0.2) is 76.7 Å². The molecular formula is C31H40N6O5. The number of methoxy groups -OCH3 is 1. The van der Waals surface area contributed by atoms with Gasteiger partial charge in [0, 0.05) is 26.4 Å². The van der Waals surface area contributed by atoms with Crippen LogP contribution in [0.4, 0.5) is 5.82 Å². The number of amides is 3. The number of benzene rings is 2. The van der Waals surface area contributed by atoms with Gasteiger partial charge in [-0.05, 0) is 37.8 Å². The standard InChI is InChI=1S/C31H40N6O5/c1-31(2,32)30(40)34-25(20-42-19-22-10-6-4-7-11-22)28(38)35-26-18-37(21-33-26)27(23-12-8-5-9-13-23)29(39)36-16-14-24(41-3)15-17-36/h4-13,18,21,24-25,27H,14-17,19-20,32H2,1-3H3,(H,34,40)(H,35,38). The number of aromatic nitrogens is 2. The fourth-order valence-corrected chi connectivity index (χ4v) is 4.71. The zero-order valence-corrected chi connectivity index (χ0v) is 24.4. The highest BCUT2D eigenvalue weighted by atomic mass is 16.5. The molecule has 4 rings (SSSR count). The van der Waals surface area contributed by atoms with Crippen LogP contribution in [0.2, 0.25) is 0 Å². The fraction of sp³-hybridized carbons (Fsp3) is 0.419. The molecule has 3 amide bonds. The number of hydrogen-bond donors (Lipinski definition) is 3. The average molecular weight is 577 g/mol. The predicted molar refractivity (Wildman–Crippen MR) is 158 cm³/mol. The lowest BCUT2D eigenvalue weighted by atomic mass is 10.0. The van der Waals surface area contributed by atoms with Crippen molar-refractivity contribution in [2.24, 2.45) is 5.73 Å².